The van der Waals surface area contributed by atoms with E-state index < -0.39 is 0 Å². The molecular formula is C19H30N6O. The van der Waals surface area contributed by atoms with Gasteiger partial charge in [0.25, 0.3) is 0 Å². The molecule has 2 aromatic rings. The second-order valence-corrected chi connectivity index (χ2v) is 8.70. The summed E-state index contributed by atoms with van der Waals surface area (Å²) in [6.45, 7) is 9.52. The minimum Gasteiger partial charge on any atom is -0.342 e. The van der Waals surface area contributed by atoms with Gasteiger partial charge in [0.05, 0.1) is 12.2 Å². The molecule has 1 amide bonds. The number of likely N-dealkylation sites (N-methyl/N-ethyl adjacent to an activating group) is 1. The van der Waals surface area contributed by atoms with E-state index in [0.717, 1.165) is 49.5 Å². The Bertz CT molecular complexity index is 776. The molecule has 0 N–H and O–H groups in total. The molecule has 7 heteroatoms. The smallest absolute Gasteiger partial charge is 0.223 e. The monoisotopic (exact) mass is 358 g/mol. The standard InChI is InChI=1S/C19H30N6O/c1-19(2,3)12-15(26)24-9-6-14(13-24)16-17-18(21-8-7-20-17)25(22-16)11-10-23(4)5/h7-8,14H,6,9-13H2,1-5H3/t14-/m0/s1. The van der Waals surface area contributed by atoms with Crippen molar-refractivity contribution < 1.29 is 4.79 Å². The first-order valence-electron chi connectivity index (χ1n) is 9.34. The van der Waals surface area contributed by atoms with E-state index in [9.17, 15) is 4.79 Å². The first kappa shape index (κ1) is 18.8. The molecule has 1 atom stereocenters. The topological polar surface area (TPSA) is 67.2 Å². The van der Waals surface area contributed by atoms with Crippen molar-refractivity contribution in [2.75, 3.05) is 33.7 Å². The van der Waals surface area contributed by atoms with E-state index in [1.165, 1.54) is 0 Å². The molecule has 3 heterocycles. The van der Waals surface area contributed by atoms with Crippen LogP contribution in [0.1, 0.15) is 45.2 Å². The Morgan fingerprint density at radius 1 is 1.27 bits per heavy atom. The van der Waals surface area contributed by atoms with Crippen molar-refractivity contribution in [1.82, 2.24) is 29.5 Å². The third-order valence-electron chi connectivity index (χ3n) is 4.76. The number of aromatic nitrogens is 4. The van der Waals surface area contributed by atoms with Crippen LogP contribution in [0.2, 0.25) is 0 Å². The van der Waals surface area contributed by atoms with Gasteiger partial charge in [0.1, 0.15) is 5.52 Å². The van der Waals surface area contributed by atoms with Gasteiger partial charge in [-0.15, -0.1) is 0 Å². The van der Waals surface area contributed by atoms with Gasteiger partial charge in [0.15, 0.2) is 5.65 Å². The van der Waals surface area contributed by atoms with Crippen molar-refractivity contribution in [1.29, 1.82) is 0 Å². The van der Waals surface area contributed by atoms with Crippen LogP contribution in [-0.2, 0) is 11.3 Å². The largest absolute Gasteiger partial charge is 0.342 e. The summed E-state index contributed by atoms with van der Waals surface area (Å²) in [6, 6.07) is 0. The highest BCUT2D eigenvalue weighted by atomic mass is 16.2. The molecule has 0 unspecified atom stereocenters. The minimum atomic E-state index is 0.0150. The number of likely N-dealkylation sites (tertiary alicyclic amines) is 1. The van der Waals surface area contributed by atoms with Crippen molar-refractivity contribution in [2.24, 2.45) is 5.41 Å². The number of amides is 1. The quantitative estimate of drug-likeness (QED) is 0.819. The lowest BCUT2D eigenvalue weighted by atomic mass is 9.91. The van der Waals surface area contributed by atoms with Crippen LogP contribution in [0.15, 0.2) is 12.4 Å². The lowest BCUT2D eigenvalue weighted by Crippen LogP contribution is -2.31. The van der Waals surface area contributed by atoms with E-state index in [0.29, 0.717) is 6.42 Å². The van der Waals surface area contributed by atoms with Gasteiger partial charge in [-0.3, -0.25) is 4.79 Å². The number of fused-ring (bicyclic) bond motifs is 1. The summed E-state index contributed by atoms with van der Waals surface area (Å²) in [7, 11) is 4.10. The molecule has 1 aliphatic rings. The van der Waals surface area contributed by atoms with E-state index in [1.807, 2.05) is 23.7 Å². The molecule has 3 rings (SSSR count). The van der Waals surface area contributed by atoms with Crippen LogP contribution < -0.4 is 0 Å². The van der Waals surface area contributed by atoms with Gasteiger partial charge in [-0.05, 0) is 25.9 Å². The lowest BCUT2D eigenvalue weighted by molar-refractivity contribution is -0.132. The predicted octanol–water partition coefficient (Wildman–Crippen LogP) is 2.14. The fraction of sp³-hybridized carbons (Fsp3) is 0.684. The molecule has 0 spiro atoms. The third-order valence-corrected chi connectivity index (χ3v) is 4.76. The second kappa shape index (κ2) is 7.31. The van der Waals surface area contributed by atoms with Gasteiger partial charge in [-0.2, -0.15) is 5.10 Å². The van der Waals surface area contributed by atoms with E-state index in [4.69, 9.17) is 5.10 Å². The average Bonchev–Trinajstić information content (AvgIpc) is 3.16. The van der Waals surface area contributed by atoms with Gasteiger partial charge >= 0.3 is 0 Å². The van der Waals surface area contributed by atoms with Gasteiger partial charge < -0.3 is 9.80 Å². The van der Waals surface area contributed by atoms with E-state index in [2.05, 4.69) is 35.6 Å². The first-order chi connectivity index (χ1) is 12.2. The van der Waals surface area contributed by atoms with E-state index in [1.54, 1.807) is 12.4 Å². The molecule has 0 aliphatic carbocycles. The molecule has 0 aromatic carbocycles. The summed E-state index contributed by atoms with van der Waals surface area (Å²) in [5.74, 6) is 0.473. The van der Waals surface area contributed by atoms with Crippen LogP contribution in [0.4, 0.5) is 0 Å². The Hall–Kier alpha value is -2.02. The zero-order valence-electron chi connectivity index (χ0n) is 16.6. The van der Waals surface area contributed by atoms with Crippen LogP contribution in [0, 0.1) is 5.41 Å². The number of carbonyl (C=O) groups is 1. The summed E-state index contributed by atoms with van der Waals surface area (Å²) < 4.78 is 1.96. The first-order valence-corrected chi connectivity index (χ1v) is 9.34. The maximum atomic E-state index is 12.6. The molecular weight excluding hydrogens is 328 g/mol. The SMILES string of the molecule is CN(C)CCn1nc([C@H]2CCN(C(=O)CC(C)(C)C)C2)c2nccnc21. The lowest BCUT2D eigenvalue weighted by Gasteiger charge is -2.22. The maximum Gasteiger partial charge on any atom is 0.223 e. The molecule has 0 radical (unpaired) electrons. The zero-order valence-corrected chi connectivity index (χ0v) is 16.6. The third kappa shape index (κ3) is 4.20. The molecule has 7 nitrogen and oxygen atoms in total. The average molecular weight is 358 g/mol. The van der Waals surface area contributed by atoms with Crippen molar-refractivity contribution in [2.45, 2.75) is 46.1 Å². The van der Waals surface area contributed by atoms with Gasteiger partial charge in [-0.1, -0.05) is 20.8 Å². The van der Waals surface area contributed by atoms with E-state index in [-0.39, 0.29) is 17.2 Å². The second-order valence-electron chi connectivity index (χ2n) is 8.70. The molecule has 1 fully saturated rings. The summed E-state index contributed by atoms with van der Waals surface area (Å²) in [4.78, 5) is 25.7. The van der Waals surface area contributed by atoms with Crippen molar-refractivity contribution in [3.63, 3.8) is 0 Å². The van der Waals surface area contributed by atoms with E-state index >= 15 is 0 Å². The van der Waals surface area contributed by atoms with Gasteiger partial charge in [0, 0.05) is 44.4 Å². The van der Waals surface area contributed by atoms with Crippen LogP contribution in [0.5, 0.6) is 0 Å². The van der Waals surface area contributed by atoms with Gasteiger partial charge in [0.2, 0.25) is 5.91 Å². The Balaban J connectivity index is 1.79. The molecule has 1 saturated heterocycles. The summed E-state index contributed by atoms with van der Waals surface area (Å²) >= 11 is 0. The molecule has 0 saturated carbocycles. The molecule has 0 bridgehead atoms. The van der Waals surface area contributed by atoms with Crippen LogP contribution in [-0.4, -0.2) is 69.2 Å². The molecule has 26 heavy (non-hydrogen) atoms. The maximum absolute atomic E-state index is 12.6. The number of hydrogen-bond donors (Lipinski definition) is 0. The highest BCUT2D eigenvalue weighted by molar-refractivity contribution is 5.78. The predicted molar refractivity (Wildman–Crippen MR) is 102 cm³/mol. The Morgan fingerprint density at radius 2 is 2.00 bits per heavy atom. The van der Waals surface area contributed by atoms with Crippen molar-refractivity contribution >= 4 is 17.1 Å². The highest BCUT2D eigenvalue weighted by Crippen LogP contribution is 2.31. The normalized spacial score (nSPS) is 18.2. The Morgan fingerprint density at radius 3 is 2.69 bits per heavy atom. The highest BCUT2D eigenvalue weighted by Gasteiger charge is 2.32. The summed E-state index contributed by atoms with van der Waals surface area (Å²) in [5.41, 5.74) is 2.71. The molecule has 1 aliphatic heterocycles. The Labute approximate surface area is 155 Å². The van der Waals surface area contributed by atoms with Crippen LogP contribution >= 0.6 is 0 Å². The van der Waals surface area contributed by atoms with Crippen LogP contribution in [0.25, 0.3) is 11.2 Å². The van der Waals surface area contributed by atoms with Gasteiger partial charge in [-0.25, -0.2) is 14.6 Å². The molecule has 2 aromatic heterocycles. The number of rotatable bonds is 5. The number of nitrogens with zero attached hydrogens (tertiary/aromatic N) is 6. The fourth-order valence-corrected chi connectivity index (χ4v) is 3.43. The minimum absolute atomic E-state index is 0.0150. The zero-order chi connectivity index (χ0) is 18.9. The summed E-state index contributed by atoms with van der Waals surface area (Å²) in [6.07, 6.45) is 4.96. The molecule has 142 valence electrons. The summed E-state index contributed by atoms with van der Waals surface area (Å²) in [5, 5.41) is 4.84. The number of hydrogen-bond acceptors (Lipinski definition) is 5. The Kier molecular flexibility index (Phi) is 5.27. The van der Waals surface area contributed by atoms with Crippen molar-refractivity contribution in [3.8, 4) is 0 Å². The van der Waals surface area contributed by atoms with Crippen LogP contribution in [0.3, 0.4) is 0 Å². The number of carbonyl (C=O) groups excluding carboxylic acids is 1. The fourth-order valence-electron chi connectivity index (χ4n) is 3.43. The van der Waals surface area contributed by atoms with Crippen molar-refractivity contribution in [3.05, 3.63) is 18.1 Å².